The minimum atomic E-state index is -0.231. The zero-order valence-corrected chi connectivity index (χ0v) is 15.1. The molecule has 25 heavy (non-hydrogen) atoms. The SMILES string of the molecule is CCNC(=O)Nc1cccc([C@@H]2SCC(=O)N2c2ccc(C)cc2)c1. The number of carbonyl (C=O) groups is 2. The van der Waals surface area contributed by atoms with Gasteiger partial charge in [0.25, 0.3) is 0 Å². The van der Waals surface area contributed by atoms with Crippen molar-refractivity contribution in [3.63, 3.8) is 0 Å². The summed E-state index contributed by atoms with van der Waals surface area (Å²) >= 11 is 1.60. The Morgan fingerprint density at radius 2 is 2.00 bits per heavy atom. The van der Waals surface area contributed by atoms with E-state index in [4.69, 9.17) is 0 Å². The summed E-state index contributed by atoms with van der Waals surface area (Å²) in [6.45, 7) is 4.47. The first kappa shape index (κ1) is 17.4. The smallest absolute Gasteiger partial charge is 0.319 e. The standard InChI is InChI=1S/C19H21N3O2S/c1-3-20-19(24)21-15-6-4-5-14(11-15)18-22(17(23)12-25-18)16-9-7-13(2)8-10-16/h4-11,18H,3,12H2,1-2H3,(H2,20,21,24)/t18-/m0/s1. The number of rotatable bonds is 4. The number of nitrogens with zero attached hydrogens (tertiary/aromatic N) is 1. The Labute approximate surface area is 151 Å². The predicted molar refractivity (Wildman–Crippen MR) is 103 cm³/mol. The molecule has 0 unspecified atom stereocenters. The zero-order valence-electron chi connectivity index (χ0n) is 14.3. The second kappa shape index (κ2) is 7.61. The Hall–Kier alpha value is -2.47. The number of hydrogen-bond donors (Lipinski definition) is 2. The number of carbonyl (C=O) groups excluding carboxylic acids is 2. The molecule has 2 aromatic carbocycles. The van der Waals surface area contributed by atoms with Crippen LogP contribution in [0.25, 0.3) is 0 Å². The monoisotopic (exact) mass is 355 g/mol. The van der Waals surface area contributed by atoms with Gasteiger partial charge in [-0.2, -0.15) is 0 Å². The van der Waals surface area contributed by atoms with Crippen molar-refractivity contribution in [2.75, 3.05) is 22.5 Å². The zero-order chi connectivity index (χ0) is 17.8. The number of urea groups is 1. The molecule has 1 heterocycles. The number of benzene rings is 2. The van der Waals surface area contributed by atoms with Crippen molar-refractivity contribution in [3.05, 3.63) is 59.7 Å². The maximum atomic E-state index is 12.4. The summed E-state index contributed by atoms with van der Waals surface area (Å²) in [4.78, 5) is 26.0. The van der Waals surface area contributed by atoms with E-state index in [1.165, 1.54) is 0 Å². The van der Waals surface area contributed by atoms with Gasteiger partial charge in [0, 0.05) is 17.9 Å². The Bertz CT molecular complexity index is 776. The molecule has 2 aromatic rings. The van der Waals surface area contributed by atoms with Gasteiger partial charge in [0.1, 0.15) is 5.37 Å². The van der Waals surface area contributed by atoms with Crippen LogP contribution in [-0.4, -0.2) is 24.2 Å². The molecular weight excluding hydrogens is 334 g/mol. The van der Waals surface area contributed by atoms with Crippen LogP contribution in [0.4, 0.5) is 16.2 Å². The molecule has 0 spiro atoms. The fourth-order valence-electron chi connectivity index (χ4n) is 2.76. The lowest BCUT2D eigenvalue weighted by Gasteiger charge is -2.25. The van der Waals surface area contributed by atoms with Gasteiger partial charge < -0.3 is 10.6 Å². The molecule has 0 aliphatic carbocycles. The molecule has 1 atom stereocenters. The quantitative estimate of drug-likeness (QED) is 0.874. The molecule has 0 radical (unpaired) electrons. The summed E-state index contributed by atoms with van der Waals surface area (Å²) in [5, 5.41) is 5.44. The molecule has 0 saturated carbocycles. The highest BCUT2D eigenvalue weighted by molar-refractivity contribution is 8.00. The van der Waals surface area contributed by atoms with Crippen LogP contribution >= 0.6 is 11.8 Å². The maximum Gasteiger partial charge on any atom is 0.319 e. The van der Waals surface area contributed by atoms with Crippen LogP contribution in [0.1, 0.15) is 23.4 Å². The van der Waals surface area contributed by atoms with Gasteiger partial charge in [0.15, 0.2) is 0 Å². The molecule has 0 aromatic heterocycles. The van der Waals surface area contributed by atoms with Crippen molar-refractivity contribution in [2.45, 2.75) is 19.2 Å². The van der Waals surface area contributed by atoms with Crippen LogP contribution in [-0.2, 0) is 4.79 Å². The fourth-order valence-corrected chi connectivity index (χ4v) is 3.93. The third kappa shape index (κ3) is 3.96. The first-order chi connectivity index (χ1) is 12.1. The van der Waals surface area contributed by atoms with Crippen LogP contribution in [0.2, 0.25) is 0 Å². The van der Waals surface area contributed by atoms with E-state index in [9.17, 15) is 9.59 Å². The second-order valence-electron chi connectivity index (χ2n) is 5.87. The lowest BCUT2D eigenvalue weighted by molar-refractivity contribution is -0.115. The van der Waals surface area contributed by atoms with Gasteiger partial charge in [-0.3, -0.25) is 9.69 Å². The maximum absolute atomic E-state index is 12.4. The molecule has 3 rings (SSSR count). The molecule has 5 nitrogen and oxygen atoms in total. The van der Waals surface area contributed by atoms with Gasteiger partial charge >= 0.3 is 6.03 Å². The Morgan fingerprint density at radius 3 is 2.72 bits per heavy atom. The summed E-state index contributed by atoms with van der Waals surface area (Å²) in [5.74, 6) is 0.549. The first-order valence-electron chi connectivity index (χ1n) is 8.23. The van der Waals surface area contributed by atoms with Crippen molar-refractivity contribution in [1.82, 2.24) is 5.32 Å². The number of aryl methyl sites for hydroxylation is 1. The lowest BCUT2D eigenvalue weighted by atomic mass is 10.1. The third-order valence-corrected chi connectivity index (χ3v) is 5.16. The van der Waals surface area contributed by atoms with Gasteiger partial charge in [-0.15, -0.1) is 11.8 Å². The van der Waals surface area contributed by atoms with E-state index in [2.05, 4.69) is 10.6 Å². The lowest BCUT2D eigenvalue weighted by Crippen LogP contribution is -2.29. The van der Waals surface area contributed by atoms with Crippen molar-refractivity contribution in [2.24, 2.45) is 0 Å². The van der Waals surface area contributed by atoms with Crippen LogP contribution in [0.5, 0.6) is 0 Å². The summed E-state index contributed by atoms with van der Waals surface area (Å²) in [7, 11) is 0. The molecule has 0 bridgehead atoms. The van der Waals surface area contributed by atoms with E-state index < -0.39 is 0 Å². The predicted octanol–water partition coefficient (Wildman–Crippen LogP) is 3.92. The second-order valence-corrected chi connectivity index (χ2v) is 6.94. The largest absolute Gasteiger partial charge is 0.338 e. The Kier molecular flexibility index (Phi) is 5.28. The molecule has 6 heteroatoms. The fraction of sp³-hybridized carbons (Fsp3) is 0.263. The number of amides is 3. The summed E-state index contributed by atoms with van der Waals surface area (Å²) in [6.07, 6.45) is 0. The highest BCUT2D eigenvalue weighted by atomic mass is 32.2. The average Bonchev–Trinajstić information content (AvgIpc) is 2.98. The molecule has 3 amide bonds. The van der Waals surface area contributed by atoms with Gasteiger partial charge in [0.05, 0.1) is 5.75 Å². The van der Waals surface area contributed by atoms with E-state index in [0.717, 1.165) is 16.8 Å². The van der Waals surface area contributed by atoms with Gasteiger partial charge in [0.2, 0.25) is 5.91 Å². The first-order valence-corrected chi connectivity index (χ1v) is 9.28. The molecule has 2 N–H and O–H groups in total. The molecule has 1 fully saturated rings. The normalized spacial score (nSPS) is 16.8. The Morgan fingerprint density at radius 1 is 1.24 bits per heavy atom. The summed E-state index contributed by atoms with van der Waals surface area (Å²) in [5.41, 5.74) is 3.76. The average molecular weight is 355 g/mol. The summed E-state index contributed by atoms with van der Waals surface area (Å²) < 4.78 is 0. The van der Waals surface area contributed by atoms with Crippen molar-refractivity contribution < 1.29 is 9.59 Å². The van der Waals surface area contributed by atoms with Crippen LogP contribution in [0.15, 0.2) is 48.5 Å². The van der Waals surface area contributed by atoms with E-state index in [1.807, 2.05) is 67.3 Å². The van der Waals surface area contributed by atoms with Crippen molar-refractivity contribution >= 4 is 35.1 Å². The highest BCUT2D eigenvalue weighted by Crippen LogP contribution is 2.42. The van der Waals surface area contributed by atoms with Crippen LogP contribution in [0, 0.1) is 6.92 Å². The number of hydrogen-bond acceptors (Lipinski definition) is 3. The van der Waals surface area contributed by atoms with Gasteiger partial charge in [-0.05, 0) is 43.7 Å². The third-order valence-electron chi connectivity index (χ3n) is 3.95. The van der Waals surface area contributed by atoms with Crippen LogP contribution in [0.3, 0.4) is 0 Å². The van der Waals surface area contributed by atoms with E-state index in [-0.39, 0.29) is 17.3 Å². The number of anilines is 2. The van der Waals surface area contributed by atoms with E-state index in [1.54, 1.807) is 11.8 Å². The van der Waals surface area contributed by atoms with Crippen molar-refractivity contribution in [3.8, 4) is 0 Å². The summed E-state index contributed by atoms with van der Waals surface area (Å²) in [6, 6.07) is 15.4. The number of nitrogens with one attached hydrogen (secondary N) is 2. The van der Waals surface area contributed by atoms with Gasteiger partial charge in [-0.1, -0.05) is 29.8 Å². The topological polar surface area (TPSA) is 61.4 Å². The highest BCUT2D eigenvalue weighted by Gasteiger charge is 2.34. The minimum absolute atomic E-state index is 0.0915. The number of thioether (sulfide) groups is 1. The molecule has 1 aliphatic heterocycles. The van der Waals surface area contributed by atoms with Gasteiger partial charge in [-0.25, -0.2) is 4.79 Å². The molecule has 1 saturated heterocycles. The van der Waals surface area contributed by atoms with E-state index in [0.29, 0.717) is 18.0 Å². The molecular formula is C19H21N3O2S. The van der Waals surface area contributed by atoms with Crippen molar-refractivity contribution in [1.29, 1.82) is 0 Å². The molecule has 1 aliphatic rings. The van der Waals surface area contributed by atoms with Crippen LogP contribution < -0.4 is 15.5 Å². The Balaban J connectivity index is 1.85. The van der Waals surface area contributed by atoms with E-state index >= 15 is 0 Å². The molecule has 130 valence electrons. The minimum Gasteiger partial charge on any atom is -0.338 e.